The first-order valence-corrected chi connectivity index (χ1v) is 4.64. The van der Waals surface area contributed by atoms with Crippen LogP contribution in [-0.2, 0) is 6.54 Å². The molecule has 0 saturated heterocycles. The molecule has 0 aromatic carbocycles. The molecule has 1 aromatic rings. The molecule has 0 amide bonds. The summed E-state index contributed by atoms with van der Waals surface area (Å²) in [7, 11) is 0. The molecule has 1 aliphatic rings. The van der Waals surface area contributed by atoms with Crippen LogP contribution in [0.2, 0.25) is 0 Å². The molecule has 0 atom stereocenters. The molecule has 2 rings (SSSR count). The highest BCUT2D eigenvalue weighted by Gasteiger charge is 2.17. The molecule has 0 bridgehead atoms. The summed E-state index contributed by atoms with van der Waals surface area (Å²) in [5, 5.41) is 0. The Hall–Kier alpha value is -2.12. The second-order valence-electron chi connectivity index (χ2n) is 3.36. The van der Waals surface area contributed by atoms with E-state index in [1.807, 2.05) is 0 Å². The number of aromatic amines is 2. The number of nitrogens with zero attached hydrogens (tertiary/aromatic N) is 2. The Morgan fingerprint density at radius 3 is 2.81 bits per heavy atom. The van der Waals surface area contributed by atoms with E-state index in [1.165, 1.54) is 0 Å². The average molecular weight is 226 g/mol. The van der Waals surface area contributed by atoms with Crippen LogP contribution in [0.4, 0.5) is 4.39 Å². The van der Waals surface area contributed by atoms with E-state index in [0.717, 1.165) is 0 Å². The van der Waals surface area contributed by atoms with Crippen molar-refractivity contribution >= 4 is 5.96 Å². The van der Waals surface area contributed by atoms with Crippen molar-refractivity contribution in [3.8, 4) is 0 Å². The van der Waals surface area contributed by atoms with Crippen molar-refractivity contribution < 1.29 is 4.39 Å². The lowest BCUT2D eigenvalue weighted by Crippen LogP contribution is -2.36. The minimum atomic E-state index is -1.03. The lowest BCUT2D eigenvalue weighted by atomic mass is 10.3. The van der Waals surface area contributed by atoms with E-state index < -0.39 is 17.1 Å². The molecule has 0 fully saturated rings. The number of hydrogen-bond acceptors (Lipinski definition) is 5. The van der Waals surface area contributed by atoms with Crippen molar-refractivity contribution in [1.82, 2.24) is 14.9 Å². The largest absolute Gasteiger partial charge is 0.370 e. The lowest BCUT2D eigenvalue weighted by Gasteiger charge is -2.16. The van der Waals surface area contributed by atoms with Crippen LogP contribution in [0.1, 0.15) is 5.69 Å². The van der Waals surface area contributed by atoms with Gasteiger partial charge >= 0.3 is 5.69 Å². The minimum Gasteiger partial charge on any atom is -0.370 e. The lowest BCUT2D eigenvalue weighted by molar-refractivity contribution is 0.422. The van der Waals surface area contributed by atoms with Crippen LogP contribution < -0.4 is 17.0 Å². The number of H-pyrrole nitrogens is 2. The highest BCUT2D eigenvalue weighted by molar-refractivity contribution is 5.79. The predicted octanol–water partition coefficient (Wildman–Crippen LogP) is -1.67. The normalized spacial score (nSPS) is 15.3. The third-order valence-corrected chi connectivity index (χ3v) is 2.27. The molecule has 0 radical (unpaired) electrons. The summed E-state index contributed by atoms with van der Waals surface area (Å²) in [4.78, 5) is 31.5. The van der Waals surface area contributed by atoms with E-state index in [0.29, 0.717) is 13.1 Å². The van der Waals surface area contributed by atoms with Crippen LogP contribution in [0, 0.1) is 5.82 Å². The minimum absolute atomic E-state index is 0.0281. The topological polar surface area (TPSA) is 107 Å². The van der Waals surface area contributed by atoms with Gasteiger partial charge in [-0.25, -0.2) is 4.79 Å². The first-order chi connectivity index (χ1) is 7.58. The SMILES string of the molecule is NC1=NCCN1Cc1[nH]c(=O)[nH]c(=O)c1[18F]. The smallest absolute Gasteiger partial charge is 0.326 e. The van der Waals surface area contributed by atoms with Crippen LogP contribution in [0.3, 0.4) is 0 Å². The van der Waals surface area contributed by atoms with Gasteiger partial charge in [0.15, 0.2) is 5.96 Å². The van der Waals surface area contributed by atoms with E-state index >= 15 is 0 Å². The summed E-state index contributed by atoms with van der Waals surface area (Å²) in [6.45, 7) is 1.10. The maximum absolute atomic E-state index is 13.3. The van der Waals surface area contributed by atoms with Gasteiger partial charge in [0.1, 0.15) is 0 Å². The van der Waals surface area contributed by atoms with E-state index in [-0.39, 0.29) is 18.2 Å². The Bertz CT molecular complexity index is 546. The van der Waals surface area contributed by atoms with Gasteiger partial charge in [-0.2, -0.15) is 4.39 Å². The number of nitrogens with two attached hydrogens (primary N) is 1. The maximum atomic E-state index is 13.3. The summed E-state index contributed by atoms with van der Waals surface area (Å²) < 4.78 is 13.3. The van der Waals surface area contributed by atoms with Crippen molar-refractivity contribution in [3.63, 3.8) is 0 Å². The molecular formula is C8H10FN5O2. The Balaban J connectivity index is 2.31. The van der Waals surface area contributed by atoms with Crippen LogP contribution in [-0.4, -0.2) is 33.9 Å². The number of rotatable bonds is 2. The molecule has 0 unspecified atom stereocenters. The molecule has 1 aliphatic heterocycles. The summed E-state index contributed by atoms with van der Waals surface area (Å²) in [5.41, 5.74) is 3.67. The van der Waals surface area contributed by atoms with Crippen molar-refractivity contribution in [1.29, 1.82) is 0 Å². The summed E-state index contributed by atoms with van der Waals surface area (Å²) in [6.07, 6.45) is 0. The fourth-order valence-electron chi connectivity index (χ4n) is 1.48. The van der Waals surface area contributed by atoms with Gasteiger partial charge in [-0.3, -0.25) is 14.8 Å². The Kier molecular flexibility index (Phi) is 2.47. The monoisotopic (exact) mass is 226 g/mol. The summed E-state index contributed by atoms with van der Waals surface area (Å²) >= 11 is 0. The third-order valence-electron chi connectivity index (χ3n) is 2.27. The van der Waals surface area contributed by atoms with Crippen molar-refractivity contribution in [2.45, 2.75) is 6.54 Å². The van der Waals surface area contributed by atoms with Crippen LogP contribution in [0.5, 0.6) is 0 Å². The number of aliphatic imine (C=N–C) groups is 1. The zero-order valence-electron chi connectivity index (χ0n) is 8.29. The van der Waals surface area contributed by atoms with Gasteiger partial charge in [-0.15, -0.1) is 0 Å². The molecule has 0 saturated carbocycles. The van der Waals surface area contributed by atoms with Gasteiger partial charge < -0.3 is 15.6 Å². The van der Waals surface area contributed by atoms with Gasteiger partial charge in [0.25, 0.3) is 5.56 Å². The fourth-order valence-corrected chi connectivity index (χ4v) is 1.48. The number of guanidine groups is 1. The van der Waals surface area contributed by atoms with Gasteiger partial charge in [-0.1, -0.05) is 0 Å². The van der Waals surface area contributed by atoms with Gasteiger partial charge in [0.2, 0.25) is 5.82 Å². The third kappa shape index (κ3) is 1.81. The van der Waals surface area contributed by atoms with Gasteiger partial charge in [-0.05, 0) is 0 Å². The average Bonchev–Trinajstić information content (AvgIpc) is 2.60. The van der Waals surface area contributed by atoms with E-state index in [2.05, 4.69) is 9.98 Å². The fraction of sp³-hybridized carbons (Fsp3) is 0.375. The van der Waals surface area contributed by atoms with E-state index in [9.17, 15) is 14.0 Å². The second kappa shape index (κ2) is 3.80. The van der Waals surface area contributed by atoms with Crippen molar-refractivity contribution in [2.24, 2.45) is 10.7 Å². The maximum Gasteiger partial charge on any atom is 0.326 e. The van der Waals surface area contributed by atoms with Crippen LogP contribution in [0.25, 0.3) is 0 Å². The number of nitrogens with one attached hydrogen (secondary N) is 2. The Morgan fingerprint density at radius 2 is 2.19 bits per heavy atom. The highest BCUT2D eigenvalue weighted by Crippen LogP contribution is 2.05. The number of halogens is 1. The summed E-state index contributed by atoms with van der Waals surface area (Å²) in [6, 6.07) is 0. The predicted molar refractivity (Wildman–Crippen MR) is 54.5 cm³/mol. The second-order valence-corrected chi connectivity index (χ2v) is 3.36. The highest BCUT2D eigenvalue weighted by atomic mass is 18.2. The van der Waals surface area contributed by atoms with E-state index in [1.54, 1.807) is 9.88 Å². The molecular weight excluding hydrogens is 216 g/mol. The standard InChI is InChI=1S/C8H10FN5O2/c9-5-4(12-8(16)13-6(5)15)3-14-2-1-11-7(14)10/h1-3H2,(H2,10,11)(H2,12,13,15,16)/i9-1. The molecule has 0 aliphatic carbocycles. The molecule has 4 N–H and O–H groups in total. The molecule has 0 spiro atoms. The number of hydrogen-bond donors (Lipinski definition) is 3. The van der Waals surface area contributed by atoms with Crippen molar-refractivity contribution in [2.75, 3.05) is 13.1 Å². The van der Waals surface area contributed by atoms with Gasteiger partial charge in [0, 0.05) is 6.54 Å². The molecule has 86 valence electrons. The molecule has 16 heavy (non-hydrogen) atoms. The first kappa shape index (κ1) is 10.4. The van der Waals surface area contributed by atoms with Crippen molar-refractivity contribution in [3.05, 3.63) is 32.3 Å². The quantitative estimate of drug-likeness (QED) is 0.560. The molecule has 8 heteroatoms. The first-order valence-electron chi connectivity index (χ1n) is 4.64. The molecule has 1 aromatic heterocycles. The van der Waals surface area contributed by atoms with Crippen LogP contribution in [0.15, 0.2) is 14.6 Å². The number of aromatic nitrogens is 2. The zero-order valence-corrected chi connectivity index (χ0v) is 8.29. The zero-order chi connectivity index (χ0) is 11.7. The molecule has 7 nitrogen and oxygen atoms in total. The van der Waals surface area contributed by atoms with Gasteiger partial charge in [0.05, 0.1) is 18.8 Å². The van der Waals surface area contributed by atoms with Crippen LogP contribution >= 0.6 is 0 Å². The molecule has 2 heterocycles. The van der Waals surface area contributed by atoms with E-state index in [4.69, 9.17) is 5.73 Å². The Labute approximate surface area is 88.8 Å². The Morgan fingerprint density at radius 1 is 1.44 bits per heavy atom. The summed E-state index contributed by atoms with van der Waals surface area (Å²) in [5.74, 6) is -0.722.